The molecular weight excluding hydrogens is 306 g/mol. The van der Waals surface area contributed by atoms with Gasteiger partial charge in [-0.05, 0) is 41.6 Å². The summed E-state index contributed by atoms with van der Waals surface area (Å²) in [5.41, 5.74) is 0.636. The van der Waals surface area contributed by atoms with Gasteiger partial charge in [-0.3, -0.25) is 9.69 Å². The second kappa shape index (κ2) is 6.37. The van der Waals surface area contributed by atoms with Gasteiger partial charge in [0, 0.05) is 12.6 Å². The molecule has 2 heterocycles. The number of nitrogens with zero attached hydrogens (tertiary/aromatic N) is 5. The number of likely N-dealkylation sites (tertiary alicyclic amines) is 1. The molecule has 3 rings (SSSR count). The van der Waals surface area contributed by atoms with Crippen LogP contribution in [0, 0.1) is 11.6 Å². The smallest absolute Gasteiger partial charge is 0.242 e. The van der Waals surface area contributed by atoms with E-state index in [0.717, 1.165) is 19.0 Å². The predicted molar refractivity (Wildman–Crippen MR) is 76.1 cm³/mol. The first kappa shape index (κ1) is 15.5. The van der Waals surface area contributed by atoms with E-state index in [1.165, 1.54) is 17.1 Å². The lowest BCUT2D eigenvalue weighted by Crippen LogP contribution is -2.40. The van der Waals surface area contributed by atoms with Gasteiger partial charge in [0.25, 0.3) is 0 Å². The molecule has 1 amide bonds. The van der Waals surface area contributed by atoms with Gasteiger partial charge in [-0.25, -0.2) is 13.5 Å². The Labute approximate surface area is 131 Å². The molecule has 1 aromatic carbocycles. The van der Waals surface area contributed by atoms with Crippen LogP contribution in [0.5, 0.6) is 0 Å². The van der Waals surface area contributed by atoms with Crippen LogP contribution in [0.15, 0.2) is 24.5 Å². The van der Waals surface area contributed by atoms with Crippen LogP contribution in [0.4, 0.5) is 8.78 Å². The summed E-state index contributed by atoms with van der Waals surface area (Å²) in [6.07, 6.45) is 2.08. The van der Waals surface area contributed by atoms with Crippen molar-refractivity contribution in [1.82, 2.24) is 30.4 Å². The second-order valence-corrected chi connectivity index (χ2v) is 5.57. The number of halogens is 2. The quantitative estimate of drug-likeness (QED) is 0.888. The van der Waals surface area contributed by atoms with Gasteiger partial charge < -0.3 is 5.32 Å². The molecule has 7 nitrogen and oxygen atoms in total. The molecule has 1 aliphatic heterocycles. The average Bonchev–Trinajstić information content (AvgIpc) is 3.12. The molecule has 0 radical (unpaired) electrons. The first-order valence-corrected chi connectivity index (χ1v) is 7.20. The fraction of sp³-hybridized carbons (Fsp3) is 0.429. The van der Waals surface area contributed by atoms with Crippen LogP contribution in [-0.4, -0.2) is 50.6 Å². The Morgan fingerprint density at radius 1 is 1.39 bits per heavy atom. The number of tetrazole rings is 1. The molecule has 0 saturated carbocycles. The number of benzene rings is 1. The lowest BCUT2D eigenvalue weighted by Gasteiger charge is -2.26. The molecule has 2 atom stereocenters. The van der Waals surface area contributed by atoms with E-state index in [9.17, 15) is 13.6 Å². The van der Waals surface area contributed by atoms with Gasteiger partial charge in [-0.2, -0.15) is 0 Å². The van der Waals surface area contributed by atoms with Crippen LogP contribution in [0.3, 0.4) is 0 Å². The van der Waals surface area contributed by atoms with Gasteiger partial charge >= 0.3 is 0 Å². The minimum atomic E-state index is -0.887. The number of aromatic nitrogens is 4. The maximum atomic E-state index is 13.5. The molecule has 0 unspecified atom stereocenters. The van der Waals surface area contributed by atoms with Crippen molar-refractivity contribution in [3.8, 4) is 0 Å². The predicted octanol–water partition coefficient (Wildman–Crippen LogP) is 0.513. The molecule has 1 N–H and O–H groups in total. The molecule has 1 saturated heterocycles. The van der Waals surface area contributed by atoms with Gasteiger partial charge in [-0.15, -0.1) is 5.10 Å². The number of hydrogen-bond acceptors (Lipinski definition) is 5. The van der Waals surface area contributed by atoms with Crippen molar-refractivity contribution in [2.75, 3.05) is 13.6 Å². The van der Waals surface area contributed by atoms with Crippen molar-refractivity contribution in [3.63, 3.8) is 0 Å². The van der Waals surface area contributed by atoms with Crippen molar-refractivity contribution < 1.29 is 13.6 Å². The van der Waals surface area contributed by atoms with Gasteiger partial charge in [-0.1, -0.05) is 6.07 Å². The highest BCUT2D eigenvalue weighted by molar-refractivity contribution is 5.76. The normalized spacial score (nSPS) is 21.5. The standard InChI is InChI=1S/C14H16F2N6O/c1-21-5-4-12(18-13(23)7-22-8-17-19-20-22)14(21)9-2-3-10(15)11(16)6-9/h2-3,6,8,12,14H,4-5,7H2,1H3,(H,18,23)/t12-,14+/m0/s1. The Balaban J connectivity index is 1.73. The van der Waals surface area contributed by atoms with Crippen molar-refractivity contribution in [1.29, 1.82) is 0 Å². The summed E-state index contributed by atoms with van der Waals surface area (Å²) in [6.45, 7) is 0.761. The van der Waals surface area contributed by atoms with E-state index in [2.05, 4.69) is 20.8 Å². The van der Waals surface area contributed by atoms with Crippen LogP contribution in [-0.2, 0) is 11.3 Å². The summed E-state index contributed by atoms with van der Waals surface area (Å²) in [5.74, 6) is -2.00. The Morgan fingerprint density at radius 3 is 2.91 bits per heavy atom. The van der Waals surface area contributed by atoms with E-state index in [0.29, 0.717) is 5.56 Å². The summed E-state index contributed by atoms with van der Waals surface area (Å²) >= 11 is 0. The molecule has 2 aromatic rings. The Hall–Kier alpha value is -2.42. The zero-order chi connectivity index (χ0) is 16.4. The monoisotopic (exact) mass is 322 g/mol. The number of carbonyl (C=O) groups excluding carboxylic acids is 1. The average molecular weight is 322 g/mol. The summed E-state index contributed by atoms with van der Waals surface area (Å²) in [7, 11) is 1.89. The number of amides is 1. The topological polar surface area (TPSA) is 75.9 Å². The summed E-state index contributed by atoms with van der Waals surface area (Å²) in [6, 6.07) is 3.45. The Morgan fingerprint density at radius 2 is 2.22 bits per heavy atom. The van der Waals surface area contributed by atoms with E-state index in [1.54, 1.807) is 6.07 Å². The van der Waals surface area contributed by atoms with E-state index in [-0.39, 0.29) is 24.5 Å². The summed E-state index contributed by atoms with van der Waals surface area (Å²) in [5, 5.41) is 13.5. The highest BCUT2D eigenvalue weighted by atomic mass is 19.2. The van der Waals surface area contributed by atoms with Crippen LogP contribution in [0.1, 0.15) is 18.0 Å². The third-order valence-corrected chi connectivity index (χ3v) is 3.98. The van der Waals surface area contributed by atoms with E-state index in [4.69, 9.17) is 0 Å². The van der Waals surface area contributed by atoms with Gasteiger partial charge in [0.1, 0.15) is 12.9 Å². The van der Waals surface area contributed by atoms with Crippen molar-refractivity contribution >= 4 is 5.91 Å². The second-order valence-electron chi connectivity index (χ2n) is 5.57. The number of nitrogens with one attached hydrogen (secondary N) is 1. The molecule has 9 heteroatoms. The Kier molecular flexibility index (Phi) is 4.28. The third kappa shape index (κ3) is 3.34. The lowest BCUT2D eigenvalue weighted by atomic mass is 10.00. The van der Waals surface area contributed by atoms with Crippen molar-refractivity contribution in [2.45, 2.75) is 25.0 Å². The highest BCUT2D eigenvalue weighted by Crippen LogP contribution is 2.31. The van der Waals surface area contributed by atoms with Crippen molar-refractivity contribution in [2.24, 2.45) is 0 Å². The molecule has 1 aliphatic rings. The maximum absolute atomic E-state index is 13.5. The minimum Gasteiger partial charge on any atom is -0.350 e. The van der Waals surface area contributed by atoms with Crippen molar-refractivity contribution in [3.05, 3.63) is 41.7 Å². The first-order valence-electron chi connectivity index (χ1n) is 7.20. The molecule has 1 aromatic heterocycles. The Bertz CT molecular complexity index is 693. The summed E-state index contributed by atoms with van der Waals surface area (Å²) in [4.78, 5) is 14.1. The SMILES string of the molecule is CN1CC[C@H](NC(=O)Cn2cnnn2)[C@H]1c1ccc(F)c(F)c1. The molecule has 0 bridgehead atoms. The summed E-state index contributed by atoms with van der Waals surface area (Å²) < 4.78 is 27.9. The van der Waals surface area contributed by atoms with Crippen LogP contribution in [0.2, 0.25) is 0 Å². The molecule has 23 heavy (non-hydrogen) atoms. The maximum Gasteiger partial charge on any atom is 0.242 e. The molecular formula is C14H16F2N6O. The fourth-order valence-electron chi connectivity index (χ4n) is 2.93. The number of hydrogen-bond donors (Lipinski definition) is 1. The fourth-order valence-corrected chi connectivity index (χ4v) is 2.93. The van der Waals surface area contributed by atoms with Gasteiger partial charge in [0.15, 0.2) is 11.6 Å². The van der Waals surface area contributed by atoms with Gasteiger partial charge in [0.05, 0.1) is 6.04 Å². The first-order chi connectivity index (χ1) is 11.0. The molecule has 0 spiro atoms. The minimum absolute atomic E-state index is 0.0116. The number of likely N-dealkylation sites (N-methyl/N-ethyl adjacent to an activating group) is 1. The largest absolute Gasteiger partial charge is 0.350 e. The van der Waals surface area contributed by atoms with Crippen LogP contribution in [0.25, 0.3) is 0 Å². The van der Waals surface area contributed by atoms with Gasteiger partial charge in [0.2, 0.25) is 5.91 Å². The zero-order valence-electron chi connectivity index (χ0n) is 12.5. The zero-order valence-corrected chi connectivity index (χ0v) is 12.5. The third-order valence-electron chi connectivity index (χ3n) is 3.98. The van der Waals surface area contributed by atoms with E-state index < -0.39 is 11.6 Å². The molecule has 0 aliphatic carbocycles. The highest BCUT2D eigenvalue weighted by Gasteiger charge is 2.34. The van der Waals surface area contributed by atoms with E-state index >= 15 is 0 Å². The number of rotatable bonds is 4. The van der Waals surface area contributed by atoms with E-state index in [1.807, 2.05) is 11.9 Å². The molecule has 1 fully saturated rings. The number of carbonyl (C=O) groups is 1. The van der Waals surface area contributed by atoms with Crippen LogP contribution >= 0.6 is 0 Å². The molecule has 122 valence electrons. The lowest BCUT2D eigenvalue weighted by molar-refractivity contribution is -0.122. The van der Waals surface area contributed by atoms with Crippen LogP contribution < -0.4 is 5.32 Å².